The largest absolute Gasteiger partial charge is 0.310 e. The molecule has 1 aromatic heterocycles. The second-order valence-corrected chi connectivity index (χ2v) is 5.34. The van der Waals surface area contributed by atoms with E-state index in [-0.39, 0.29) is 0 Å². The zero-order valence-electron chi connectivity index (χ0n) is 11.7. The Hall–Kier alpha value is -1.61. The van der Waals surface area contributed by atoms with Gasteiger partial charge in [-0.15, -0.1) is 0 Å². The molecule has 0 spiro atoms. The van der Waals surface area contributed by atoms with Crippen molar-refractivity contribution in [1.29, 1.82) is 0 Å². The van der Waals surface area contributed by atoms with Gasteiger partial charge in [0.2, 0.25) is 0 Å². The lowest BCUT2D eigenvalue weighted by molar-refractivity contribution is 0.684. The maximum absolute atomic E-state index is 4.52. The quantitative estimate of drug-likeness (QED) is 0.890. The molecule has 3 heteroatoms. The highest BCUT2D eigenvalue weighted by Crippen LogP contribution is 2.20. The van der Waals surface area contributed by atoms with E-state index in [1.165, 1.54) is 29.7 Å². The second-order valence-electron chi connectivity index (χ2n) is 5.34. The minimum Gasteiger partial charge on any atom is -0.310 e. The second kappa shape index (κ2) is 5.17. The molecule has 1 aliphatic rings. The Labute approximate surface area is 114 Å². The maximum Gasteiger partial charge on any atom is 0.0648 e. The van der Waals surface area contributed by atoms with E-state index < -0.39 is 0 Å². The summed E-state index contributed by atoms with van der Waals surface area (Å²) < 4.78 is 2.03. The normalized spacial score (nSPS) is 14.8. The van der Waals surface area contributed by atoms with Crippen LogP contribution < -0.4 is 5.32 Å². The molecule has 1 heterocycles. The zero-order chi connectivity index (χ0) is 13.2. The average molecular weight is 255 g/mol. The number of nitrogens with one attached hydrogen (secondary N) is 1. The van der Waals surface area contributed by atoms with E-state index in [2.05, 4.69) is 48.5 Å². The summed E-state index contributed by atoms with van der Waals surface area (Å²) in [5.41, 5.74) is 5.04. The molecule has 1 aliphatic carbocycles. The van der Waals surface area contributed by atoms with Crippen LogP contribution in [-0.2, 0) is 13.0 Å². The molecule has 0 amide bonds. The Morgan fingerprint density at radius 2 is 2.00 bits per heavy atom. The van der Waals surface area contributed by atoms with Gasteiger partial charge in [-0.2, -0.15) is 5.10 Å². The fourth-order valence-corrected chi connectivity index (χ4v) is 2.29. The lowest BCUT2D eigenvalue weighted by Crippen LogP contribution is -2.15. The van der Waals surface area contributed by atoms with Crippen molar-refractivity contribution in [1.82, 2.24) is 15.1 Å². The highest BCUT2D eigenvalue weighted by molar-refractivity contribution is 5.37. The Balaban J connectivity index is 1.79. The van der Waals surface area contributed by atoms with Gasteiger partial charge in [-0.3, -0.25) is 0 Å². The molecule has 0 unspecified atom stereocenters. The van der Waals surface area contributed by atoms with E-state index in [0.717, 1.165) is 24.7 Å². The summed E-state index contributed by atoms with van der Waals surface area (Å²) in [4.78, 5) is 0. The number of nitrogens with zero attached hydrogens (tertiary/aromatic N) is 2. The van der Waals surface area contributed by atoms with Crippen LogP contribution in [0.1, 0.15) is 36.6 Å². The van der Waals surface area contributed by atoms with E-state index in [0.29, 0.717) is 0 Å². The van der Waals surface area contributed by atoms with Crippen LogP contribution >= 0.6 is 0 Å². The predicted molar refractivity (Wildman–Crippen MR) is 77.5 cm³/mol. The zero-order valence-corrected chi connectivity index (χ0v) is 11.7. The molecule has 0 saturated heterocycles. The maximum atomic E-state index is 4.52. The Morgan fingerprint density at radius 3 is 2.63 bits per heavy atom. The van der Waals surface area contributed by atoms with Gasteiger partial charge in [0.15, 0.2) is 0 Å². The number of hydrogen-bond donors (Lipinski definition) is 1. The summed E-state index contributed by atoms with van der Waals surface area (Å²) in [6.45, 7) is 5.25. The first kappa shape index (κ1) is 12.4. The van der Waals surface area contributed by atoms with Gasteiger partial charge < -0.3 is 5.32 Å². The van der Waals surface area contributed by atoms with Crippen LogP contribution in [0.25, 0.3) is 5.69 Å². The van der Waals surface area contributed by atoms with Gasteiger partial charge in [0.05, 0.1) is 11.9 Å². The first-order valence-electron chi connectivity index (χ1n) is 7.14. The summed E-state index contributed by atoms with van der Waals surface area (Å²) in [7, 11) is 0. The third kappa shape index (κ3) is 2.71. The van der Waals surface area contributed by atoms with E-state index in [1.807, 2.05) is 10.9 Å². The summed E-state index contributed by atoms with van der Waals surface area (Å²) in [5, 5.41) is 8.06. The molecule has 2 aromatic rings. The van der Waals surface area contributed by atoms with Gasteiger partial charge in [0.25, 0.3) is 0 Å². The molecule has 3 nitrogen and oxygen atoms in total. The molecule has 1 aromatic carbocycles. The summed E-state index contributed by atoms with van der Waals surface area (Å²) >= 11 is 0. The van der Waals surface area contributed by atoms with Crippen molar-refractivity contribution in [3.05, 3.63) is 47.3 Å². The topological polar surface area (TPSA) is 29.9 Å². The Morgan fingerprint density at radius 1 is 1.26 bits per heavy atom. The lowest BCUT2D eigenvalue weighted by Gasteiger charge is -2.07. The van der Waals surface area contributed by atoms with Crippen molar-refractivity contribution in [2.45, 2.75) is 45.7 Å². The molecule has 100 valence electrons. The van der Waals surface area contributed by atoms with Crippen LogP contribution in [-0.4, -0.2) is 15.8 Å². The van der Waals surface area contributed by atoms with Crippen molar-refractivity contribution in [2.24, 2.45) is 0 Å². The minimum absolute atomic E-state index is 0.742. The SMILES string of the molecule is CCc1ccc(-n2ncc(CNC3CC3)c2C)cc1. The average Bonchev–Trinajstić information content (AvgIpc) is 3.20. The van der Waals surface area contributed by atoms with Crippen LogP contribution in [0, 0.1) is 6.92 Å². The molecule has 1 fully saturated rings. The van der Waals surface area contributed by atoms with E-state index in [4.69, 9.17) is 0 Å². The molecule has 19 heavy (non-hydrogen) atoms. The van der Waals surface area contributed by atoms with Crippen molar-refractivity contribution in [2.75, 3.05) is 0 Å². The van der Waals surface area contributed by atoms with Crippen LogP contribution in [0.4, 0.5) is 0 Å². The van der Waals surface area contributed by atoms with Crippen LogP contribution in [0.3, 0.4) is 0 Å². The Bertz CT molecular complexity index is 550. The van der Waals surface area contributed by atoms with Crippen molar-refractivity contribution < 1.29 is 0 Å². The summed E-state index contributed by atoms with van der Waals surface area (Å²) in [5.74, 6) is 0. The molecule has 3 rings (SSSR count). The molecule has 1 saturated carbocycles. The van der Waals surface area contributed by atoms with Gasteiger partial charge >= 0.3 is 0 Å². The minimum atomic E-state index is 0.742. The first-order valence-corrected chi connectivity index (χ1v) is 7.14. The molecular formula is C16H21N3. The molecule has 0 radical (unpaired) electrons. The molecular weight excluding hydrogens is 234 g/mol. The van der Waals surface area contributed by atoms with Gasteiger partial charge in [-0.1, -0.05) is 19.1 Å². The van der Waals surface area contributed by atoms with Gasteiger partial charge in [0.1, 0.15) is 0 Å². The van der Waals surface area contributed by atoms with Gasteiger partial charge in [0, 0.05) is 23.8 Å². The van der Waals surface area contributed by atoms with Crippen LogP contribution in [0.15, 0.2) is 30.5 Å². The predicted octanol–water partition coefficient (Wildman–Crippen LogP) is 3.00. The Kier molecular flexibility index (Phi) is 3.38. The van der Waals surface area contributed by atoms with E-state index >= 15 is 0 Å². The highest BCUT2D eigenvalue weighted by Gasteiger charge is 2.20. The first-order chi connectivity index (χ1) is 9.28. The number of benzene rings is 1. The molecule has 1 N–H and O–H groups in total. The van der Waals surface area contributed by atoms with E-state index in [1.54, 1.807) is 0 Å². The summed E-state index contributed by atoms with van der Waals surface area (Å²) in [6.07, 6.45) is 5.71. The lowest BCUT2D eigenvalue weighted by atomic mass is 10.1. The third-order valence-corrected chi connectivity index (χ3v) is 3.86. The standard InChI is InChI=1S/C16H21N3/c1-3-13-4-8-16(9-5-13)19-12(2)14(11-18-19)10-17-15-6-7-15/h4-5,8-9,11,15,17H,3,6-7,10H2,1-2H3. The fourth-order valence-electron chi connectivity index (χ4n) is 2.29. The number of aryl methyl sites for hydroxylation is 1. The van der Waals surface area contributed by atoms with E-state index in [9.17, 15) is 0 Å². The van der Waals surface area contributed by atoms with Gasteiger partial charge in [-0.25, -0.2) is 4.68 Å². The smallest absolute Gasteiger partial charge is 0.0648 e. The van der Waals surface area contributed by atoms with Crippen molar-refractivity contribution in [3.8, 4) is 5.69 Å². The summed E-state index contributed by atoms with van der Waals surface area (Å²) in [6, 6.07) is 9.40. The number of aromatic nitrogens is 2. The fraction of sp³-hybridized carbons (Fsp3) is 0.438. The van der Waals surface area contributed by atoms with Crippen molar-refractivity contribution in [3.63, 3.8) is 0 Å². The molecule has 0 aliphatic heterocycles. The van der Waals surface area contributed by atoms with Crippen LogP contribution in [0.5, 0.6) is 0 Å². The number of hydrogen-bond acceptors (Lipinski definition) is 2. The number of rotatable bonds is 5. The molecule has 0 atom stereocenters. The molecule has 0 bridgehead atoms. The highest BCUT2D eigenvalue weighted by atomic mass is 15.3. The van der Waals surface area contributed by atoms with Crippen molar-refractivity contribution >= 4 is 0 Å². The van der Waals surface area contributed by atoms with Gasteiger partial charge in [-0.05, 0) is 43.9 Å². The monoisotopic (exact) mass is 255 g/mol. The van der Waals surface area contributed by atoms with Crippen LogP contribution in [0.2, 0.25) is 0 Å². The third-order valence-electron chi connectivity index (χ3n) is 3.86.